The highest BCUT2D eigenvalue weighted by molar-refractivity contribution is 6.04. The van der Waals surface area contributed by atoms with E-state index in [4.69, 9.17) is 11.5 Å². The second kappa shape index (κ2) is 20.5. The lowest BCUT2D eigenvalue weighted by atomic mass is 10.0. The number of primary amides is 1. The number of Topliss-reactive ketones (excluding diaryl/α,β-unsaturated/α-hetero) is 1. The second-order valence-electron chi connectivity index (χ2n) is 11.3. The molecule has 0 saturated heterocycles. The van der Waals surface area contributed by atoms with Crippen LogP contribution in [0.25, 0.3) is 0 Å². The van der Waals surface area contributed by atoms with Crippen LogP contribution in [0.4, 0.5) is 5.69 Å². The summed E-state index contributed by atoms with van der Waals surface area (Å²) in [6, 6.07) is 1.23. The molecule has 0 bridgehead atoms. The molecule has 1 aromatic carbocycles. The summed E-state index contributed by atoms with van der Waals surface area (Å²) in [6.45, 7) is 5.40. The van der Waals surface area contributed by atoms with E-state index in [1.807, 2.05) is 0 Å². The number of carbonyl (C=O) groups is 7. The van der Waals surface area contributed by atoms with Gasteiger partial charge in [0.1, 0.15) is 18.1 Å². The van der Waals surface area contributed by atoms with Crippen molar-refractivity contribution in [1.82, 2.24) is 21.3 Å². The van der Waals surface area contributed by atoms with Crippen LogP contribution >= 0.6 is 0 Å². The second-order valence-corrected chi connectivity index (χ2v) is 11.3. The molecular formula is C31H48N6O8. The van der Waals surface area contributed by atoms with Crippen molar-refractivity contribution < 1.29 is 38.7 Å². The molecule has 45 heavy (non-hydrogen) atoms. The van der Waals surface area contributed by atoms with Crippen LogP contribution in [0.15, 0.2) is 24.3 Å². The highest BCUT2D eigenvalue weighted by Crippen LogP contribution is 2.15. The summed E-state index contributed by atoms with van der Waals surface area (Å²) >= 11 is 0. The van der Waals surface area contributed by atoms with Crippen molar-refractivity contribution in [2.24, 2.45) is 5.73 Å². The zero-order chi connectivity index (χ0) is 33.9. The highest BCUT2D eigenvalue weighted by atomic mass is 16.4. The average Bonchev–Trinajstić information content (AvgIpc) is 2.94. The molecule has 0 aliphatic carbocycles. The van der Waals surface area contributed by atoms with Gasteiger partial charge < -0.3 is 37.8 Å². The number of carboxylic acid groups (broad SMARTS) is 1. The monoisotopic (exact) mass is 632 g/mol. The van der Waals surface area contributed by atoms with Gasteiger partial charge in [0.05, 0.1) is 12.8 Å². The van der Waals surface area contributed by atoms with Gasteiger partial charge in [0, 0.05) is 30.1 Å². The summed E-state index contributed by atoms with van der Waals surface area (Å²) in [5.74, 6) is -6.20. The van der Waals surface area contributed by atoms with Crippen LogP contribution in [0.3, 0.4) is 0 Å². The minimum atomic E-state index is -1.64. The number of nitrogens with two attached hydrogens (primary N) is 2. The Labute approximate surface area is 263 Å². The Kier molecular flexibility index (Phi) is 17.5. The number of hydrogen-bond acceptors (Lipinski definition) is 8. The van der Waals surface area contributed by atoms with Crippen molar-refractivity contribution in [1.29, 1.82) is 0 Å². The molecule has 3 atom stereocenters. The van der Waals surface area contributed by atoms with E-state index >= 15 is 0 Å². The number of aliphatic carboxylic acids is 1. The van der Waals surface area contributed by atoms with Gasteiger partial charge in [-0.1, -0.05) is 57.6 Å². The lowest BCUT2D eigenvalue weighted by Gasteiger charge is -2.25. The van der Waals surface area contributed by atoms with Crippen molar-refractivity contribution >= 4 is 47.0 Å². The molecule has 0 spiro atoms. The first-order valence-electron chi connectivity index (χ1n) is 15.3. The van der Waals surface area contributed by atoms with Crippen LogP contribution < -0.4 is 32.7 Å². The molecule has 14 nitrogen and oxygen atoms in total. The lowest BCUT2D eigenvalue weighted by molar-refractivity contribution is -0.141. The third-order valence-electron chi connectivity index (χ3n) is 6.79. The van der Waals surface area contributed by atoms with Crippen LogP contribution in [-0.4, -0.2) is 70.6 Å². The topological polar surface area (TPSA) is 240 Å². The number of nitrogens with one attached hydrogen (secondary N) is 4. The Bertz CT molecular complexity index is 1190. The van der Waals surface area contributed by atoms with Crippen LogP contribution in [-0.2, 0) is 28.8 Å². The number of carbonyl (C=O) groups excluding carboxylic acids is 6. The highest BCUT2D eigenvalue weighted by Gasteiger charge is 2.32. The summed E-state index contributed by atoms with van der Waals surface area (Å²) in [6.07, 6.45) is 4.92. The van der Waals surface area contributed by atoms with E-state index in [0.29, 0.717) is 6.42 Å². The predicted octanol–water partition coefficient (Wildman–Crippen LogP) is 1.31. The van der Waals surface area contributed by atoms with Crippen LogP contribution in [0.1, 0.15) is 102 Å². The Morgan fingerprint density at radius 3 is 1.76 bits per heavy atom. The summed E-state index contributed by atoms with van der Waals surface area (Å²) in [7, 11) is 0. The van der Waals surface area contributed by atoms with Crippen LogP contribution in [0.5, 0.6) is 0 Å². The van der Waals surface area contributed by atoms with Gasteiger partial charge in [-0.25, -0.2) is 0 Å². The van der Waals surface area contributed by atoms with E-state index in [2.05, 4.69) is 28.2 Å². The third-order valence-corrected chi connectivity index (χ3v) is 6.79. The number of ketones is 1. The molecule has 0 radical (unpaired) electrons. The van der Waals surface area contributed by atoms with Gasteiger partial charge >= 0.3 is 5.97 Å². The standard InChI is InChI=1S/C31H48N6O8/c1-4-5-6-7-8-9-10-15-27(40)35-22(16-25(38)20-13-11-12-14-21(20)32)30(44)36-23(17-26(33)39)31(45)37-24(18-28(41)42)29(43)34-19(2)3/h11-14,19,22-24H,4-10,15-18,32H2,1-3H3,(H2,33,39)(H,34,43)(H,35,40)(H,36,44)(H,37,45)(H,41,42). The molecule has 0 aromatic heterocycles. The number of amides is 5. The zero-order valence-corrected chi connectivity index (χ0v) is 26.4. The van der Waals surface area contributed by atoms with E-state index in [9.17, 15) is 38.7 Å². The van der Waals surface area contributed by atoms with Gasteiger partial charge in [0.15, 0.2) is 5.78 Å². The first kappa shape index (κ1) is 38.5. The average molecular weight is 633 g/mol. The number of unbranched alkanes of at least 4 members (excludes halogenated alkanes) is 6. The van der Waals surface area contributed by atoms with Crippen molar-refractivity contribution in [2.45, 2.75) is 116 Å². The molecule has 1 rings (SSSR count). The van der Waals surface area contributed by atoms with Crippen molar-refractivity contribution in [2.75, 3.05) is 5.73 Å². The van der Waals surface area contributed by atoms with Crippen molar-refractivity contribution in [3.05, 3.63) is 29.8 Å². The lowest BCUT2D eigenvalue weighted by Crippen LogP contribution is -2.58. The predicted molar refractivity (Wildman–Crippen MR) is 168 cm³/mol. The molecule has 0 saturated carbocycles. The number of carboxylic acids is 1. The number of nitrogen functional groups attached to an aromatic ring is 1. The zero-order valence-electron chi connectivity index (χ0n) is 26.4. The number of anilines is 1. The number of hydrogen-bond donors (Lipinski definition) is 7. The smallest absolute Gasteiger partial charge is 0.305 e. The normalized spacial score (nSPS) is 12.8. The fraction of sp³-hybridized carbons (Fsp3) is 0.581. The van der Waals surface area contributed by atoms with Crippen molar-refractivity contribution in [3.63, 3.8) is 0 Å². The number of benzene rings is 1. The molecule has 0 aliphatic heterocycles. The minimum Gasteiger partial charge on any atom is -0.481 e. The largest absolute Gasteiger partial charge is 0.481 e. The maximum absolute atomic E-state index is 13.4. The quantitative estimate of drug-likeness (QED) is 0.0553. The van der Waals surface area contributed by atoms with Crippen molar-refractivity contribution in [3.8, 4) is 0 Å². The SMILES string of the molecule is CCCCCCCCCC(=O)NC(CC(=O)c1ccccc1N)C(=O)NC(CC(N)=O)C(=O)NC(CC(=O)O)C(=O)NC(C)C. The van der Waals surface area contributed by atoms with E-state index < -0.39 is 78.7 Å². The van der Waals surface area contributed by atoms with E-state index in [1.54, 1.807) is 26.0 Å². The molecule has 0 heterocycles. The first-order valence-corrected chi connectivity index (χ1v) is 15.3. The fourth-order valence-electron chi connectivity index (χ4n) is 4.49. The van der Waals surface area contributed by atoms with Gasteiger partial charge in [-0.3, -0.25) is 33.6 Å². The molecule has 3 unspecified atom stereocenters. The summed E-state index contributed by atoms with van der Waals surface area (Å²) in [5, 5.41) is 18.9. The summed E-state index contributed by atoms with van der Waals surface area (Å²) < 4.78 is 0. The summed E-state index contributed by atoms with van der Waals surface area (Å²) in [5.41, 5.74) is 11.5. The Balaban J connectivity index is 3.12. The Morgan fingerprint density at radius 1 is 0.711 bits per heavy atom. The van der Waals surface area contributed by atoms with Crippen LogP contribution in [0.2, 0.25) is 0 Å². The Hall–Kier alpha value is -4.49. The molecule has 9 N–H and O–H groups in total. The van der Waals surface area contributed by atoms with E-state index in [0.717, 1.165) is 38.5 Å². The van der Waals surface area contributed by atoms with E-state index in [1.165, 1.54) is 12.1 Å². The molecule has 0 fully saturated rings. The molecule has 250 valence electrons. The third kappa shape index (κ3) is 15.7. The number of para-hydroxylation sites is 1. The summed E-state index contributed by atoms with van der Waals surface area (Å²) in [4.78, 5) is 88.1. The molecule has 5 amide bonds. The molecule has 0 aliphatic rings. The molecular weight excluding hydrogens is 584 g/mol. The minimum absolute atomic E-state index is 0.103. The van der Waals surface area contributed by atoms with Gasteiger partial charge in [-0.05, 0) is 32.4 Å². The molecule has 1 aromatic rings. The maximum Gasteiger partial charge on any atom is 0.305 e. The molecule has 14 heteroatoms. The Morgan fingerprint density at radius 2 is 1.22 bits per heavy atom. The van der Waals surface area contributed by atoms with Crippen LogP contribution in [0, 0.1) is 0 Å². The van der Waals surface area contributed by atoms with Gasteiger partial charge in [-0.15, -0.1) is 0 Å². The fourth-order valence-corrected chi connectivity index (χ4v) is 4.49. The van der Waals surface area contributed by atoms with E-state index in [-0.39, 0.29) is 23.7 Å². The number of rotatable bonds is 22. The van der Waals surface area contributed by atoms with Gasteiger partial charge in [-0.2, -0.15) is 0 Å². The maximum atomic E-state index is 13.4. The van der Waals surface area contributed by atoms with Gasteiger partial charge in [0.2, 0.25) is 29.5 Å². The van der Waals surface area contributed by atoms with Gasteiger partial charge in [0.25, 0.3) is 0 Å². The first-order chi connectivity index (χ1) is 21.2.